The Morgan fingerprint density at radius 2 is 2.16 bits per heavy atom. The molecule has 108 valence electrons. The first-order chi connectivity index (χ1) is 8.99. The van der Waals surface area contributed by atoms with Crippen LogP contribution >= 0.6 is 0 Å². The fourth-order valence-electron chi connectivity index (χ4n) is 3.00. The second-order valence-corrected chi connectivity index (χ2v) is 6.01. The Hall–Kier alpha value is -1.26. The molecule has 0 radical (unpaired) electrons. The molecule has 2 aliphatic rings. The van der Waals surface area contributed by atoms with Gasteiger partial charge in [-0.2, -0.15) is 0 Å². The van der Waals surface area contributed by atoms with Gasteiger partial charge in [-0.05, 0) is 30.6 Å². The maximum Gasteiger partial charge on any atom is 0.419 e. The molecule has 5 heteroatoms. The van der Waals surface area contributed by atoms with Crippen LogP contribution in [0.15, 0.2) is 0 Å². The zero-order chi connectivity index (χ0) is 14.0. The van der Waals surface area contributed by atoms with Crippen molar-refractivity contribution >= 4 is 12.2 Å². The molecule has 1 saturated heterocycles. The van der Waals surface area contributed by atoms with Crippen molar-refractivity contribution in [2.24, 2.45) is 17.8 Å². The van der Waals surface area contributed by atoms with Crippen LogP contribution in [-0.4, -0.2) is 36.3 Å². The quantitative estimate of drug-likeness (QED) is 0.773. The van der Waals surface area contributed by atoms with Gasteiger partial charge in [0.1, 0.15) is 12.7 Å². The number of nitrogens with zero attached hydrogens (tertiary/aromatic N) is 1. The van der Waals surface area contributed by atoms with Crippen LogP contribution in [0.5, 0.6) is 0 Å². The summed E-state index contributed by atoms with van der Waals surface area (Å²) in [5.41, 5.74) is 0. The van der Waals surface area contributed by atoms with E-state index in [2.05, 4.69) is 20.8 Å². The van der Waals surface area contributed by atoms with Gasteiger partial charge in [0.25, 0.3) is 0 Å². The molecule has 0 unspecified atom stereocenters. The van der Waals surface area contributed by atoms with Gasteiger partial charge in [0.05, 0.1) is 6.54 Å². The fraction of sp³-hybridized carbons (Fsp3) is 0.857. The predicted octanol–water partition coefficient (Wildman–Crippen LogP) is 3.04. The summed E-state index contributed by atoms with van der Waals surface area (Å²) in [5, 5.41) is 0. The van der Waals surface area contributed by atoms with Crippen molar-refractivity contribution in [1.29, 1.82) is 0 Å². The Balaban J connectivity index is 1.98. The highest BCUT2D eigenvalue weighted by Gasteiger charge is 2.37. The van der Waals surface area contributed by atoms with E-state index in [0.29, 0.717) is 24.3 Å². The van der Waals surface area contributed by atoms with Gasteiger partial charge in [0, 0.05) is 0 Å². The maximum atomic E-state index is 12.0. The van der Waals surface area contributed by atoms with Gasteiger partial charge < -0.3 is 9.47 Å². The van der Waals surface area contributed by atoms with E-state index in [-0.39, 0.29) is 12.7 Å². The molecule has 0 bridgehead atoms. The Morgan fingerprint density at radius 3 is 2.74 bits per heavy atom. The van der Waals surface area contributed by atoms with E-state index >= 15 is 0 Å². The lowest BCUT2D eigenvalue weighted by molar-refractivity contribution is -0.00447. The Morgan fingerprint density at radius 1 is 1.42 bits per heavy atom. The number of imide groups is 1. The molecule has 2 rings (SSSR count). The molecule has 2 fully saturated rings. The first-order valence-corrected chi connectivity index (χ1v) is 7.14. The second-order valence-electron chi connectivity index (χ2n) is 6.01. The third-order valence-corrected chi connectivity index (χ3v) is 4.19. The van der Waals surface area contributed by atoms with Gasteiger partial charge in [-0.1, -0.05) is 27.2 Å². The SMILES string of the molecule is CC(C)[C@@H]1CC[C@@H](C)C[C@H]1OC(=O)N1CCOC1=O. The minimum Gasteiger partial charge on any atom is -0.447 e. The van der Waals surface area contributed by atoms with Crippen LogP contribution in [0.2, 0.25) is 0 Å². The highest BCUT2D eigenvalue weighted by molar-refractivity contribution is 5.88. The van der Waals surface area contributed by atoms with Crippen molar-refractivity contribution in [3.05, 3.63) is 0 Å². The van der Waals surface area contributed by atoms with Crippen LogP contribution in [-0.2, 0) is 9.47 Å². The normalized spacial score (nSPS) is 31.5. The molecule has 1 saturated carbocycles. The monoisotopic (exact) mass is 269 g/mol. The summed E-state index contributed by atoms with van der Waals surface area (Å²) in [6.45, 7) is 7.06. The molecule has 0 aromatic carbocycles. The standard InChI is InChI=1S/C14H23NO4/c1-9(2)11-5-4-10(3)8-12(11)19-14(17)15-6-7-18-13(15)16/h9-12H,4-8H2,1-3H3/t10-,11+,12-/m1/s1. The topological polar surface area (TPSA) is 55.8 Å². The summed E-state index contributed by atoms with van der Waals surface area (Å²) in [4.78, 5) is 24.4. The lowest BCUT2D eigenvalue weighted by Gasteiger charge is -2.37. The van der Waals surface area contributed by atoms with Crippen molar-refractivity contribution in [3.63, 3.8) is 0 Å². The van der Waals surface area contributed by atoms with Crippen LogP contribution in [0, 0.1) is 17.8 Å². The molecule has 0 spiro atoms. The number of cyclic esters (lactones) is 1. The third kappa shape index (κ3) is 3.19. The highest BCUT2D eigenvalue weighted by Crippen LogP contribution is 2.35. The molecule has 2 amide bonds. The van der Waals surface area contributed by atoms with E-state index in [0.717, 1.165) is 17.7 Å². The zero-order valence-corrected chi connectivity index (χ0v) is 11.9. The third-order valence-electron chi connectivity index (χ3n) is 4.19. The minimum atomic E-state index is -0.588. The summed E-state index contributed by atoms with van der Waals surface area (Å²) in [6.07, 6.45) is 1.94. The van der Waals surface area contributed by atoms with Crippen LogP contribution < -0.4 is 0 Å². The summed E-state index contributed by atoms with van der Waals surface area (Å²) < 4.78 is 10.3. The van der Waals surface area contributed by atoms with Crippen LogP contribution in [0.4, 0.5) is 9.59 Å². The van der Waals surface area contributed by atoms with Gasteiger partial charge in [0.2, 0.25) is 0 Å². The number of amides is 2. The van der Waals surface area contributed by atoms with E-state index in [1.807, 2.05) is 0 Å². The van der Waals surface area contributed by atoms with Crippen LogP contribution in [0.3, 0.4) is 0 Å². The fourth-order valence-corrected chi connectivity index (χ4v) is 3.00. The number of carbonyl (C=O) groups excluding carboxylic acids is 2. The molecule has 19 heavy (non-hydrogen) atoms. The molecule has 0 aromatic heterocycles. The van der Waals surface area contributed by atoms with E-state index in [4.69, 9.17) is 9.47 Å². The van der Waals surface area contributed by atoms with Crippen molar-refractivity contribution < 1.29 is 19.1 Å². The van der Waals surface area contributed by atoms with Crippen LogP contribution in [0.25, 0.3) is 0 Å². The van der Waals surface area contributed by atoms with Crippen molar-refractivity contribution in [2.75, 3.05) is 13.2 Å². The van der Waals surface area contributed by atoms with Gasteiger partial charge in [-0.3, -0.25) is 0 Å². The zero-order valence-electron chi connectivity index (χ0n) is 11.9. The van der Waals surface area contributed by atoms with Crippen LogP contribution in [0.1, 0.15) is 40.0 Å². The van der Waals surface area contributed by atoms with E-state index in [1.54, 1.807) is 0 Å². The second kappa shape index (κ2) is 5.80. The molecule has 5 nitrogen and oxygen atoms in total. The molecule has 0 aromatic rings. The maximum absolute atomic E-state index is 12.0. The number of ether oxygens (including phenoxy) is 2. The molecule has 1 aliphatic heterocycles. The summed E-state index contributed by atoms with van der Waals surface area (Å²) in [6, 6.07) is 0. The summed E-state index contributed by atoms with van der Waals surface area (Å²) in [7, 11) is 0. The predicted molar refractivity (Wildman–Crippen MR) is 69.7 cm³/mol. The minimum absolute atomic E-state index is 0.0790. The smallest absolute Gasteiger partial charge is 0.419 e. The average Bonchev–Trinajstić information content (AvgIpc) is 2.75. The Kier molecular flexibility index (Phi) is 4.32. The van der Waals surface area contributed by atoms with Gasteiger partial charge in [0.15, 0.2) is 0 Å². The number of rotatable bonds is 2. The lowest BCUT2D eigenvalue weighted by atomic mass is 9.75. The average molecular weight is 269 g/mol. The van der Waals surface area contributed by atoms with Crippen molar-refractivity contribution in [1.82, 2.24) is 4.90 Å². The first-order valence-electron chi connectivity index (χ1n) is 7.14. The highest BCUT2D eigenvalue weighted by atomic mass is 16.6. The molecular formula is C14H23NO4. The number of hydrogen-bond donors (Lipinski definition) is 0. The first kappa shape index (κ1) is 14.2. The number of carbonyl (C=O) groups is 2. The van der Waals surface area contributed by atoms with E-state index in [9.17, 15) is 9.59 Å². The lowest BCUT2D eigenvalue weighted by Crippen LogP contribution is -2.41. The summed E-state index contributed by atoms with van der Waals surface area (Å²) >= 11 is 0. The molecule has 0 N–H and O–H groups in total. The van der Waals surface area contributed by atoms with Gasteiger partial charge >= 0.3 is 12.2 Å². The van der Waals surface area contributed by atoms with Crippen molar-refractivity contribution in [3.8, 4) is 0 Å². The molecule has 3 atom stereocenters. The largest absolute Gasteiger partial charge is 0.447 e. The summed E-state index contributed by atoms with van der Waals surface area (Å²) in [5.74, 6) is 1.44. The van der Waals surface area contributed by atoms with E-state index < -0.39 is 12.2 Å². The molecule has 1 aliphatic carbocycles. The van der Waals surface area contributed by atoms with Gasteiger partial charge in [-0.15, -0.1) is 0 Å². The van der Waals surface area contributed by atoms with Crippen molar-refractivity contribution in [2.45, 2.75) is 46.1 Å². The Labute approximate surface area is 114 Å². The molecule has 1 heterocycles. The van der Waals surface area contributed by atoms with E-state index in [1.165, 1.54) is 6.42 Å². The van der Waals surface area contributed by atoms with Gasteiger partial charge in [-0.25, -0.2) is 14.5 Å². The molecular weight excluding hydrogens is 246 g/mol. The Bertz CT molecular complexity index is 355. The number of hydrogen-bond acceptors (Lipinski definition) is 4.